The van der Waals surface area contributed by atoms with Crippen LogP contribution in [0.25, 0.3) is 10.2 Å². The Hall–Kier alpha value is -1.27. The SMILES string of the molecule is C=C(C)Cn1c(SCc2ccc(Cl)c(Cl)c2)nc2sc3c(c2c1=O)CCCC3. The molecule has 7 heteroatoms. The molecule has 1 aliphatic rings. The van der Waals surface area contributed by atoms with Crippen LogP contribution in [-0.2, 0) is 25.1 Å². The Bertz CT molecular complexity index is 1130. The lowest BCUT2D eigenvalue weighted by Gasteiger charge is -2.13. The second-order valence-corrected chi connectivity index (χ2v) is 10.0. The van der Waals surface area contributed by atoms with E-state index in [0.29, 0.717) is 22.3 Å². The van der Waals surface area contributed by atoms with Gasteiger partial charge in [0.2, 0.25) is 0 Å². The molecule has 0 radical (unpaired) electrons. The van der Waals surface area contributed by atoms with Gasteiger partial charge < -0.3 is 0 Å². The second-order valence-electron chi connectivity index (χ2n) is 7.17. The summed E-state index contributed by atoms with van der Waals surface area (Å²) in [5, 5.41) is 2.62. The first-order chi connectivity index (χ1) is 13.4. The summed E-state index contributed by atoms with van der Waals surface area (Å²) in [5.74, 6) is 0.663. The lowest BCUT2D eigenvalue weighted by molar-refractivity contribution is 0.649. The minimum Gasteiger partial charge on any atom is -0.283 e. The van der Waals surface area contributed by atoms with Crippen molar-refractivity contribution in [3.8, 4) is 0 Å². The molecule has 28 heavy (non-hydrogen) atoms. The second kappa shape index (κ2) is 8.23. The van der Waals surface area contributed by atoms with Gasteiger partial charge in [-0.25, -0.2) is 4.98 Å². The zero-order valence-electron chi connectivity index (χ0n) is 15.6. The topological polar surface area (TPSA) is 34.9 Å². The van der Waals surface area contributed by atoms with Crippen LogP contribution < -0.4 is 5.56 Å². The molecule has 4 rings (SSSR count). The fraction of sp³-hybridized carbons (Fsp3) is 0.333. The number of aryl methyl sites for hydroxylation is 2. The van der Waals surface area contributed by atoms with Gasteiger partial charge in [0.25, 0.3) is 5.56 Å². The molecule has 0 bridgehead atoms. The van der Waals surface area contributed by atoms with Gasteiger partial charge in [0.05, 0.1) is 15.4 Å². The van der Waals surface area contributed by atoms with E-state index >= 15 is 0 Å². The molecule has 2 aromatic heterocycles. The normalized spacial score (nSPS) is 13.7. The number of thioether (sulfide) groups is 1. The number of benzene rings is 1. The molecule has 3 aromatic rings. The summed E-state index contributed by atoms with van der Waals surface area (Å²) >= 11 is 15.4. The number of allylic oxidation sites excluding steroid dienone is 1. The van der Waals surface area contributed by atoms with Crippen LogP contribution in [0.5, 0.6) is 0 Å². The molecule has 2 heterocycles. The largest absolute Gasteiger partial charge is 0.283 e. The predicted octanol–water partition coefficient (Wildman–Crippen LogP) is 6.51. The number of nitrogens with zero attached hydrogens (tertiary/aromatic N) is 2. The summed E-state index contributed by atoms with van der Waals surface area (Å²) in [6, 6.07) is 5.61. The van der Waals surface area contributed by atoms with Crippen molar-refractivity contribution in [2.75, 3.05) is 0 Å². The van der Waals surface area contributed by atoms with Crippen LogP contribution in [0.15, 0.2) is 40.3 Å². The van der Waals surface area contributed by atoms with E-state index in [4.69, 9.17) is 28.2 Å². The van der Waals surface area contributed by atoms with Crippen LogP contribution in [0, 0.1) is 0 Å². The first kappa shape index (κ1) is 20.0. The first-order valence-corrected chi connectivity index (χ1v) is 11.8. The Morgan fingerprint density at radius 3 is 2.82 bits per heavy atom. The highest BCUT2D eigenvalue weighted by Gasteiger charge is 2.22. The minimum absolute atomic E-state index is 0.0593. The molecule has 0 unspecified atom stereocenters. The Labute approximate surface area is 182 Å². The van der Waals surface area contributed by atoms with Crippen molar-refractivity contribution in [1.29, 1.82) is 0 Å². The van der Waals surface area contributed by atoms with Crippen molar-refractivity contribution in [2.45, 2.75) is 50.1 Å². The van der Waals surface area contributed by atoms with Crippen LogP contribution >= 0.6 is 46.3 Å². The zero-order valence-corrected chi connectivity index (χ0v) is 18.7. The summed E-state index contributed by atoms with van der Waals surface area (Å²) in [4.78, 5) is 20.5. The molecule has 1 aromatic carbocycles. The first-order valence-electron chi connectivity index (χ1n) is 9.20. The molecule has 0 spiro atoms. The Kier molecular flexibility index (Phi) is 5.88. The fourth-order valence-corrected chi connectivity index (χ4v) is 6.08. The van der Waals surface area contributed by atoms with E-state index in [1.807, 2.05) is 19.1 Å². The summed E-state index contributed by atoms with van der Waals surface area (Å²) in [6.45, 7) is 6.42. The molecule has 3 nitrogen and oxygen atoms in total. The standard InChI is InChI=1S/C21H20Cl2N2OS2/c1-12(2)10-25-20(26)18-14-5-3-4-6-17(14)28-19(18)24-21(25)27-11-13-7-8-15(22)16(23)9-13/h7-9H,1,3-6,10-11H2,2H3. The van der Waals surface area contributed by atoms with Crippen LogP contribution in [0.1, 0.15) is 35.8 Å². The maximum absolute atomic E-state index is 13.4. The van der Waals surface area contributed by atoms with Crippen molar-refractivity contribution in [2.24, 2.45) is 0 Å². The predicted molar refractivity (Wildman–Crippen MR) is 121 cm³/mol. The monoisotopic (exact) mass is 450 g/mol. The van der Waals surface area contributed by atoms with Gasteiger partial charge in [-0.2, -0.15) is 0 Å². The fourth-order valence-electron chi connectivity index (χ4n) is 3.52. The van der Waals surface area contributed by atoms with E-state index in [0.717, 1.165) is 45.8 Å². The van der Waals surface area contributed by atoms with Crippen molar-refractivity contribution >= 4 is 56.5 Å². The van der Waals surface area contributed by atoms with Crippen molar-refractivity contribution < 1.29 is 0 Å². The van der Waals surface area contributed by atoms with Gasteiger partial charge in [-0.15, -0.1) is 11.3 Å². The average molecular weight is 451 g/mol. The summed E-state index contributed by atoms with van der Waals surface area (Å²) in [6.07, 6.45) is 4.38. The number of aromatic nitrogens is 2. The van der Waals surface area contributed by atoms with Gasteiger partial charge in [0.1, 0.15) is 4.83 Å². The van der Waals surface area contributed by atoms with Crippen molar-refractivity contribution in [1.82, 2.24) is 9.55 Å². The highest BCUT2D eigenvalue weighted by Crippen LogP contribution is 2.35. The molecule has 0 atom stereocenters. The summed E-state index contributed by atoms with van der Waals surface area (Å²) in [7, 11) is 0. The number of hydrogen-bond donors (Lipinski definition) is 0. The van der Waals surface area contributed by atoms with E-state index < -0.39 is 0 Å². The van der Waals surface area contributed by atoms with Crippen molar-refractivity contribution in [3.63, 3.8) is 0 Å². The lowest BCUT2D eigenvalue weighted by Crippen LogP contribution is -2.24. The molecular formula is C21H20Cl2N2OS2. The molecule has 146 valence electrons. The van der Waals surface area contributed by atoms with E-state index in [9.17, 15) is 4.79 Å². The average Bonchev–Trinajstić information content (AvgIpc) is 3.03. The maximum atomic E-state index is 13.4. The van der Waals surface area contributed by atoms with Crippen LogP contribution in [0.3, 0.4) is 0 Å². The smallest absolute Gasteiger partial charge is 0.263 e. The van der Waals surface area contributed by atoms with Gasteiger partial charge in [-0.1, -0.05) is 53.2 Å². The third kappa shape index (κ3) is 3.90. The zero-order chi connectivity index (χ0) is 19.8. The molecule has 0 saturated heterocycles. The molecule has 1 aliphatic carbocycles. The van der Waals surface area contributed by atoms with Crippen LogP contribution in [0.4, 0.5) is 0 Å². The van der Waals surface area contributed by atoms with Crippen LogP contribution in [-0.4, -0.2) is 9.55 Å². The molecule has 0 aliphatic heterocycles. The number of halogens is 2. The lowest BCUT2D eigenvalue weighted by atomic mass is 9.97. The van der Waals surface area contributed by atoms with Crippen molar-refractivity contribution in [3.05, 3.63) is 66.8 Å². The van der Waals surface area contributed by atoms with Gasteiger partial charge in [0, 0.05) is 17.2 Å². The number of hydrogen-bond acceptors (Lipinski definition) is 4. The van der Waals surface area contributed by atoms with Gasteiger partial charge in [-0.3, -0.25) is 9.36 Å². The molecule has 0 amide bonds. The quantitative estimate of drug-likeness (QED) is 0.252. The third-order valence-electron chi connectivity index (χ3n) is 4.82. The summed E-state index contributed by atoms with van der Waals surface area (Å²) in [5.41, 5.74) is 3.26. The Morgan fingerprint density at radius 2 is 2.07 bits per heavy atom. The van der Waals surface area contributed by atoms with Gasteiger partial charge >= 0.3 is 0 Å². The molecule has 0 fully saturated rings. The number of fused-ring (bicyclic) bond motifs is 3. The van der Waals surface area contributed by atoms with E-state index in [1.165, 1.54) is 16.9 Å². The minimum atomic E-state index is 0.0593. The highest BCUT2D eigenvalue weighted by atomic mass is 35.5. The van der Waals surface area contributed by atoms with Gasteiger partial charge in [0.15, 0.2) is 5.16 Å². The Morgan fingerprint density at radius 1 is 1.29 bits per heavy atom. The molecule has 0 saturated carbocycles. The highest BCUT2D eigenvalue weighted by molar-refractivity contribution is 7.98. The third-order valence-corrected chi connectivity index (χ3v) is 7.79. The van der Waals surface area contributed by atoms with E-state index in [-0.39, 0.29) is 5.56 Å². The van der Waals surface area contributed by atoms with E-state index in [2.05, 4.69) is 6.58 Å². The Balaban J connectivity index is 1.76. The summed E-state index contributed by atoms with van der Waals surface area (Å²) < 4.78 is 1.77. The van der Waals surface area contributed by atoms with E-state index in [1.54, 1.807) is 33.7 Å². The number of rotatable bonds is 5. The molecule has 0 N–H and O–H groups in total. The maximum Gasteiger partial charge on any atom is 0.263 e. The number of thiophene rings is 1. The molecular weight excluding hydrogens is 431 g/mol. The van der Waals surface area contributed by atoms with Crippen LogP contribution in [0.2, 0.25) is 10.0 Å². The van der Waals surface area contributed by atoms with Gasteiger partial charge in [-0.05, 0) is 55.9 Å².